The van der Waals surface area contributed by atoms with Crippen LogP contribution in [0.25, 0.3) is 0 Å². The minimum Gasteiger partial charge on any atom is -0.486 e. The molecule has 2 aliphatic rings. The molecular weight excluding hydrogens is 477 g/mol. The molecule has 35 heavy (non-hydrogen) atoms. The normalized spacial score (nSPS) is 28.6. The lowest BCUT2D eigenvalue weighted by molar-refractivity contribution is -0.366. The summed E-state index contributed by atoms with van der Waals surface area (Å²) in [4.78, 5) is 0. The van der Waals surface area contributed by atoms with Gasteiger partial charge < -0.3 is 44.1 Å². The quantitative estimate of drug-likeness (QED) is 0.461. The zero-order chi connectivity index (χ0) is 25.4. The molecule has 0 amide bonds. The standard InChI is InChI=1S/C23H25F3O9/c1-31-22(21(30)20(29)19(28)18(11-27)34-22)14-3-5-15(35-23(24,25)26)13(10-14)8-12-2-4-16-17(9-12)33-7-6-32-16/h2-5,9-10,18-21,27-30H,6-8,11H2,1H3/t18-,19-,20+,21-,22+/m1/s1. The van der Waals surface area contributed by atoms with Crippen LogP contribution in [0.5, 0.6) is 17.2 Å². The highest BCUT2D eigenvalue weighted by Crippen LogP contribution is 2.42. The Kier molecular flexibility index (Phi) is 7.13. The summed E-state index contributed by atoms with van der Waals surface area (Å²) < 4.78 is 65.5. The van der Waals surface area contributed by atoms with Crippen LogP contribution in [0.2, 0.25) is 0 Å². The molecule has 9 nitrogen and oxygen atoms in total. The predicted octanol–water partition coefficient (Wildman–Crippen LogP) is 1.22. The average molecular weight is 502 g/mol. The van der Waals surface area contributed by atoms with Crippen LogP contribution >= 0.6 is 0 Å². The number of methoxy groups -OCH3 is 1. The van der Waals surface area contributed by atoms with E-state index in [4.69, 9.17) is 18.9 Å². The molecule has 0 spiro atoms. The summed E-state index contributed by atoms with van der Waals surface area (Å²) >= 11 is 0. The van der Waals surface area contributed by atoms with E-state index in [0.717, 1.165) is 13.2 Å². The van der Waals surface area contributed by atoms with E-state index in [-0.39, 0.29) is 17.5 Å². The molecule has 4 N–H and O–H groups in total. The maximum Gasteiger partial charge on any atom is 0.573 e. The lowest BCUT2D eigenvalue weighted by Crippen LogP contribution is -2.64. The second-order valence-corrected chi connectivity index (χ2v) is 8.16. The van der Waals surface area contributed by atoms with Crippen LogP contribution in [0.1, 0.15) is 16.7 Å². The first-order valence-corrected chi connectivity index (χ1v) is 10.7. The predicted molar refractivity (Wildman–Crippen MR) is 112 cm³/mol. The van der Waals surface area contributed by atoms with Crippen molar-refractivity contribution in [1.29, 1.82) is 0 Å². The molecule has 2 heterocycles. The van der Waals surface area contributed by atoms with Gasteiger partial charge in [-0.1, -0.05) is 6.07 Å². The van der Waals surface area contributed by atoms with Crippen LogP contribution in [0.3, 0.4) is 0 Å². The SMILES string of the molecule is CO[C@@]1(c2ccc(OC(F)(F)F)c(Cc3ccc4c(c3)OCCO4)c2)O[C@H](CO)[C@@H](O)[C@H](O)[C@H]1O. The average Bonchev–Trinajstić information content (AvgIpc) is 2.83. The van der Waals surface area contributed by atoms with Gasteiger partial charge in [-0.05, 0) is 41.5 Å². The Morgan fingerprint density at radius 1 is 1.00 bits per heavy atom. The third-order valence-corrected chi connectivity index (χ3v) is 5.94. The highest BCUT2D eigenvalue weighted by molar-refractivity contribution is 5.48. The zero-order valence-electron chi connectivity index (χ0n) is 18.6. The number of aliphatic hydroxyl groups is 4. The molecule has 1 fully saturated rings. The molecule has 1 saturated heterocycles. The third-order valence-electron chi connectivity index (χ3n) is 5.94. The fourth-order valence-corrected chi connectivity index (χ4v) is 4.24. The van der Waals surface area contributed by atoms with Crippen LogP contribution in [0.15, 0.2) is 36.4 Å². The number of rotatable bonds is 6. The molecule has 0 aromatic heterocycles. The Hall–Kier alpha value is -2.61. The van der Waals surface area contributed by atoms with Crippen LogP contribution < -0.4 is 14.2 Å². The van der Waals surface area contributed by atoms with Gasteiger partial charge in [-0.25, -0.2) is 0 Å². The summed E-state index contributed by atoms with van der Waals surface area (Å²) in [7, 11) is 1.16. The largest absolute Gasteiger partial charge is 0.573 e. The molecule has 0 unspecified atom stereocenters. The van der Waals surface area contributed by atoms with Gasteiger partial charge in [0.15, 0.2) is 11.5 Å². The zero-order valence-corrected chi connectivity index (χ0v) is 18.6. The first-order valence-electron chi connectivity index (χ1n) is 10.7. The lowest BCUT2D eigenvalue weighted by Gasteiger charge is -2.47. The molecule has 2 aromatic carbocycles. The van der Waals surface area contributed by atoms with Crippen LogP contribution in [0, 0.1) is 0 Å². The first-order chi connectivity index (χ1) is 16.6. The topological polar surface area (TPSA) is 127 Å². The van der Waals surface area contributed by atoms with Crippen molar-refractivity contribution in [3.05, 3.63) is 53.1 Å². The van der Waals surface area contributed by atoms with Gasteiger partial charge in [0, 0.05) is 19.1 Å². The fourth-order valence-electron chi connectivity index (χ4n) is 4.24. The number of ether oxygens (including phenoxy) is 5. The van der Waals surface area contributed by atoms with Gasteiger partial charge in [0.1, 0.15) is 43.4 Å². The molecular formula is C23H25F3O9. The van der Waals surface area contributed by atoms with Gasteiger partial charge in [-0.15, -0.1) is 13.2 Å². The van der Waals surface area contributed by atoms with Crippen LogP contribution in [-0.2, 0) is 21.7 Å². The van der Waals surface area contributed by atoms with Gasteiger partial charge in [-0.2, -0.15) is 0 Å². The van der Waals surface area contributed by atoms with Crippen LogP contribution in [-0.4, -0.2) is 78.1 Å². The summed E-state index contributed by atoms with van der Waals surface area (Å²) in [5.74, 6) is -1.62. The van der Waals surface area contributed by atoms with Gasteiger partial charge >= 0.3 is 6.36 Å². The molecule has 0 aliphatic carbocycles. The summed E-state index contributed by atoms with van der Waals surface area (Å²) in [5.41, 5.74) is 0.683. The van der Waals surface area contributed by atoms with Gasteiger partial charge in [0.2, 0.25) is 5.79 Å². The van der Waals surface area contributed by atoms with Crippen molar-refractivity contribution in [3.63, 3.8) is 0 Å². The minimum atomic E-state index is -4.97. The van der Waals surface area contributed by atoms with Crippen molar-refractivity contribution in [2.75, 3.05) is 26.9 Å². The van der Waals surface area contributed by atoms with E-state index in [1.165, 1.54) is 12.1 Å². The van der Waals surface area contributed by atoms with Crippen LogP contribution in [0.4, 0.5) is 13.2 Å². The highest BCUT2D eigenvalue weighted by Gasteiger charge is 2.55. The third kappa shape index (κ3) is 5.03. The van der Waals surface area contributed by atoms with E-state index in [0.29, 0.717) is 30.3 Å². The molecule has 0 bridgehead atoms. The number of hydrogen-bond donors (Lipinski definition) is 4. The number of benzene rings is 2. The molecule has 4 rings (SSSR count). The summed E-state index contributed by atoms with van der Waals surface area (Å²) in [6.07, 6.45) is -11.6. The Bertz CT molecular complexity index is 1050. The van der Waals surface area contributed by atoms with Gasteiger partial charge in [0.05, 0.1) is 6.61 Å². The van der Waals surface area contributed by atoms with Gasteiger partial charge in [0.25, 0.3) is 0 Å². The van der Waals surface area contributed by atoms with Crippen molar-refractivity contribution in [2.45, 2.75) is 43.0 Å². The Morgan fingerprint density at radius 2 is 1.71 bits per heavy atom. The Morgan fingerprint density at radius 3 is 2.37 bits per heavy atom. The van der Waals surface area contributed by atoms with Crippen molar-refractivity contribution in [3.8, 4) is 17.2 Å². The van der Waals surface area contributed by atoms with Crippen molar-refractivity contribution >= 4 is 0 Å². The second kappa shape index (κ2) is 9.80. The van der Waals surface area contributed by atoms with Crippen molar-refractivity contribution in [1.82, 2.24) is 0 Å². The van der Waals surface area contributed by atoms with Gasteiger partial charge in [-0.3, -0.25) is 0 Å². The number of aliphatic hydroxyl groups excluding tert-OH is 4. The monoisotopic (exact) mass is 502 g/mol. The van der Waals surface area contributed by atoms with E-state index in [1.54, 1.807) is 18.2 Å². The summed E-state index contributed by atoms with van der Waals surface area (Å²) in [5, 5.41) is 40.7. The second-order valence-electron chi connectivity index (χ2n) is 8.16. The molecule has 0 saturated carbocycles. The highest BCUT2D eigenvalue weighted by atomic mass is 19.4. The molecule has 12 heteroatoms. The van der Waals surface area contributed by atoms with E-state index in [1.807, 2.05) is 0 Å². The van der Waals surface area contributed by atoms with E-state index in [9.17, 15) is 33.6 Å². The van der Waals surface area contributed by atoms with Crippen molar-refractivity contribution < 1.29 is 57.3 Å². The fraction of sp³-hybridized carbons (Fsp3) is 0.478. The molecule has 2 aromatic rings. The van der Waals surface area contributed by atoms with Crippen molar-refractivity contribution in [2.24, 2.45) is 0 Å². The minimum absolute atomic E-state index is 0.0407. The maximum atomic E-state index is 13.1. The number of hydrogen-bond acceptors (Lipinski definition) is 9. The molecule has 2 aliphatic heterocycles. The smallest absolute Gasteiger partial charge is 0.486 e. The van der Waals surface area contributed by atoms with E-state index < -0.39 is 48.9 Å². The Balaban J connectivity index is 1.76. The number of halogens is 3. The summed E-state index contributed by atoms with van der Waals surface area (Å²) in [6, 6.07) is 8.45. The number of fused-ring (bicyclic) bond motifs is 1. The number of alkyl halides is 3. The maximum absolute atomic E-state index is 13.1. The molecule has 5 atom stereocenters. The Labute approximate surface area is 198 Å². The van der Waals surface area contributed by atoms with E-state index in [2.05, 4.69) is 4.74 Å². The lowest BCUT2D eigenvalue weighted by atomic mass is 9.86. The summed E-state index contributed by atoms with van der Waals surface area (Å²) in [6.45, 7) is 0.00428. The first kappa shape index (κ1) is 25.5. The molecule has 192 valence electrons. The van der Waals surface area contributed by atoms with E-state index >= 15 is 0 Å². The molecule has 0 radical (unpaired) electrons.